The van der Waals surface area contributed by atoms with Crippen molar-refractivity contribution in [2.24, 2.45) is 0 Å². The van der Waals surface area contributed by atoms with Gasteiger partial charge in [-0.25, -0.2) is 0 Å². The van der Waals surface area contributed by atoms with E-state index in [9.17, 15) is 9.90 Å². The van der Waals surface area contributed by atoms with Gasteiger partial charge in [-0.05, 0) is 36.8 Å². The molecule has 0 unspecified atom stereocenters. The number of methoxy groups -OCH3 is 1. The third-order valence-electron chi connectivity index (χ3n) is 3.20. The van der Waals surface area contributed by atoms with Crippen LogP contribution in [-0.4, -0.2) is 24.7 Å². The highest BCUT2D eigenvalue weighted by molar-refractivity contribution is 9.10. The van der Waals surface area contributed by atoms with Gasteiger partial charge in [0.15, 0.2) is 18.1 Å². The van der Waals surface area contributed by atoms with E-state index in [4.69, 9.17) is 9.47 Å². The molecule has 5 nitrogen and oxygen atoms in total. The van der Waals surface area contributed by atoms with E-state index in [-0.39, 0.29) is 19.1 Å². The Hall–Kier alpha value is -2.05. The molecule has 0 aromatic heterocycles. The highest BCUT2D eigenvalue weighted by Gasteiger charge is 2.12. The lowest BCUT2D eigenvalue weighted by molar-refractivity contribution is -0.118. The number of hydrogen-bond donors (Lipinski definition) is 2. The summed E-state index contributed by atoms with van der Waals surface area (Å²) in [6.07, 6.45) is 0. The standard InChI is InChI=1S/C17H18BrNO4/c1-11-3-5-13(6-4-11)19-17(21)10-23-16-8-14(18)12(9-20)7-15(16)22-2/h3-8,20H,9-10H2,1-2H3,(H,19,21). The number of amides is 1. The number of aliphatic hydroxyl groups excluding tert-OH is 1. The highest BCUT2D eigenvalue weighted by Crippen LogP contribution is 2.33. The van der Waals surface area contributed by atoms with Crippen LogP contribution in [0.2, 0.25) is 0 Å². The van der Waals surface area contributed by atoms with Crippen LogP contribution in [0.15, 0.2) is 40.9 Å². The number of carbonyl (C=O) groups excluding carboxylic acids is 1. The zero-order chi connectivity index (χ0) is 16.8. The molecule has 0 aliphatic heterocycles. The van der Waals surface area contributed by atoms with Crippen molar-refractivity contribution in [3.05, 3.63) is 52.0 Å². The first kappa shape index (κ1) is 17.3. The average molecular weight is 380 g/mol. The fraction of sp³-hybridized carbons (Fsp3) is 0.235. The van der Waals surface area contributed by atoms with E-state index >= 15 is 0 Å². The molecule has 2 N–H and O–H groups in total. The van der Waals surface area contributed by atoms with Gasteiger partial charge in [0, 0.05) is 10.2 Å². The SMILES string of the molecule is COc1cc(CO)c(Br)cc1OCC(=O)Nc1ccc(C)cc1. The molecule has 1 amide bonds. The zero-order valence-electron chi connectivity index (χ0n) is 12.9. The maximum absolute atomic E-state index is 11.9. The van der Waals surface area contributed by atoms with Gasteiger partial charge >= 0.3 is 0 Å². The van der Waals surface area contributed by atoms with Gasteiger partial charge in [0.2, 0.25) is 0 Å². The minimum absolute atomic E-state index is 0.120. The van der Waals surface area contributed by atoms with Gasteiger partial charge in [0.25, 0.3) is 5.91 Å². The van der Waals surface area contributed by atoms with Crippen molar-refractivity contribution in [2.45, 2.75) is 13.5 Å². The number of rotatable bonds is 6. The van der Waals surface area contributed by atoms with Gasteiger partial charge in [-0.3, -0.25) is 4.79 Å². The number of nitrogens with one attached hydrogen (secondary N) is 1. The van der Waals surface area contributed by atoms with Crippen LogP contribution < -0.4 is 14.8 Å². The number of aryl methyl sites for hydroxylation is 1. The Kier molecular flexibility index (Phi) is 6.01. The van der Waals surface area contributed by atoms with Crippen LogP contribution in [0.5, 0.6) is 11.5 Å². The molecule has 2 aromatic carbocycles. The number of halogens is 1. The predicted octanol–water partition coefficient (Wildman–Crippen LogP) is 3.28. The van der Waals surface area contributed by atoms with Crippen LogP contribution in [0.4, 0.5) is 5.69 Å². The van der Waals surface area contributed by atoms with Gasteiger partial charge in [0.05, 0.1) is 13.7 Å². The molecule has 2 rings (SSSR count). The molecule has 0 spiro atoms. The molecule has 0 radical (unpaired) electrons. The summed E-state index contributed by atoms with van der Waals surface area (Å²) in [5, 5.41) is 12.0. The van der Waals surface area contributed by atoms with Crippen molar-refractivity contribution in [3.63, 3.8) is 0 Å². The number of hydrogen-bond acceptors (Lipinski definition) is 4. The topological polar surface area (TPSA) is 67.8 Å². The van der Waals surface area contributed by atoms with E-state index in [1.165, 1.54) is 7.11 Å². The Morgan fingerprint density at radius 1 is 1.22 bits per heavy atom. The first-order chi connectivity index (χ1) is 11.0. The van der Waals surface area contributed by atoms with Crippen LogP contribution in [0.1, 0.15) is 11.1 Å². The molecule has 122 valence electrons. The van der Waals surface area contributed by atoms with Gasteiger partial charge in [-0.1, -0.05) is 33.6 Å². The molecule has 0 saturated heterocycles. The zero-order valence-corrected chi connectivity index (χ0v) is 14.5. The molecular formula is C17H18BrNO4. The van der Waals surface area contributed by atoms with Crippen molar-refractivity contribution < 1.29 is 19.4 Å². The summed E-state index contributed by atoms with van der Waals surface area (Å²) in [7, 11) is 1.50. The molecule has 0 aliphatic carbocycles. The smallest absolute Gasteiger partial charge is 0.262 e. The monoisotopic (exact) mass is 379 g/mol. The van der Waals surface area contributed by atoms with E-state index < -0.39 is 0 Å². The lowest BCUT2D eigenvalue weighted by Crippen LogP contribution is -2.20. The predicted molar refractivity (Wildman–Crippen MR) is 91.9 cm³/mol. The van der Waals surface area contributed by atoms with Crippen LogP contribution in [0.3, 0.4) is 0 Å². The summed E-state index contributed by atoms with van der Waals surface area (Å²) in [5.74, 6) is 0.620. The number of aliphatic hydroxyl groups is 1. The van der Waals surface area contributed by atoms with E-state index in [0.717, 1.165) is 5.56 Å². The fourth-order valence-electron chi connectivity index (χ4n) is 1.95. The van der Waals surface area contributed by atoms with Crippen molar-refractivity contribution in [1.29, 1.82) is 0 Å². The average Bonchev–Trinajstić information content (AvgIpc) is 2.55. The third-order valence-corrected chi connectivity index (χ3v) is 3.94. The second-order valence-corrected chi connectivity index (χ2v) is 5.81. The second kappa shape index (κ2) is 7.99. The molecule has 6 heteroatoms. The Balaban J connectivity index is 2.01. The van der Waals surface area contributed by atoms with Crippen LogP contribution in [0.25, 0.3) is 0 Å². The molecule has 2 aromatic rings. The maximum Gasteiger partial charge on any atom is 0.262 e. The molecule has 0 aliphatic rings. The summed E-state index contributed by atoms with van der Waals surface area (Å²) in [5.41, 5.74) is 2.52. The van der Waals surface area contributed by atoms with Gasteiger partial charge in [0.1, 0.15) is 0 Å². The summed E-state index contributed by atoms with van der Waals surface area (Å²) < 4.78 is 11.4. The van der Waals surface area contributed by atoms with Crippen molar-refractivity contribution in [2.75, 3.05) is 19.0 Å². The van der Waals surface area contributed by atoms with Crippen LogP contribution in [-0.2, 0) is 11.4 Å². The van der Waals surface area contributed by atoms with E-state index in [1.54, 1.807) is 12.1 Å². The lowest BCUT2D eigenvalue weighted by atomic mass is 10.2. The first-order valence-corrected chi connectivity index (χ1v) is 7.79. The highest BCUT2D eigenvalue weighted by atomic mass is 79.9. The Bertz CT molecular complexity index is 686. The number of ether oxygens (including phenoxy) is 2. The van der Waals surface area contributed by atoms with E-state index in [1.807, 2.05) is 31.2 Å². The minimum Gasteiger partial charge on any atom is -0.493 e. The summed E-state index contributed by atoms with van der Waals surface area (Å²) in [6.45, 7) is 1.72. The second-order valence-electron chi connectivity index (χ2n) is 4.96. The minimum atomic E-state index is -0.265. The first-order valence-electron chi connectivity index (χ1n) is 7.00. The Morgan fingerprint density at radius 2 is 1.91 bits per heavy atom. The van der Waals surface area contributed by atoms with Crippen molar-refractivity contribution >= 4 is 27.5 Å². The molecule has 0 fully saturated rings. The summed E-state index contributed by atoms with van der Waals surface area (Å²) in [6, 6.07) is 10.8. The lowest BCUT2D eigenvalue weighted by Gasteiger charge is -2.13. The van der Waals surface area contributed by atoms with Gasteiger partial charge in [-0.15, -0.1) is 0 Å². The fourth-order valence-corrected chi connectivity index (χ4v) is 2.40. The largest absolute Gasteiger partial charge is 0.493 e. The number of carbonyl (C=O) groups is 1. The third kappa shape index (κ3) is 4.71. The summed E-state index contributed by atoms with van der Waals surface area (Å²) in [4.78, 5) is 11.9. The molecule has 0 bridgehead atoms. The van der Waals surface area contributed by atoms with Gasteiger partial charge in [-0.2, -0.15) is 0 Å². The normalized spacial score (nSPS) is 10.3. The molecule has 0 atom stereocenters. The Labute approximate surface area is 143 Å². The van der Waals surface area contributed by atoms with Gasteiger partial charge < -0.3 is 19.9 Å². The van der Waals surface area contributed by atoms with Crippen LogP contribution in [0, 0.1) is 6.92 Å². The quantitative estimate of drug-likeness (QED) is 0.807. The van der Waals surface area contributed by atoms with E-state index in [0.29, 0.717) is 27.2 Å². The van der Waals surface area contributed by atoms with Crippen molar-refractivity contribution in [3.8, 4) is 11.5 Å². The molecular weight excluding hydrogens is 362 g/mol. The number of anilines is 1. The molecule has 0 saturated carbocycles. The Morgan fingerprint density at radius 3 is 2.52 bits per heavy atom. The van der Waals surface area contributed by atoms with Crippen molar-refractivity contribution in [1.82, 2.24) is 0 Å². The number of benzene rings is 2. The molecule has 23 heavy (non-hydrogen) atoms. The maximum atomic E-state index is 11.9. The van der Waals surface area contributed by atoms with E-state index in [2.05, 4.69) is 21.2 Å². The summed E-state index contributed by atoms with van der Waals surface area (Å²) >= 11 is 3.34. The molecule has 0 heterocycles. The van der Waals surface area contributed by atoms with Crippen LogP contribution >= 0.6 is 15.9 Å².